The Kier molecular flexibility index (Phi) is 4.30. The van der Waals surface area contributed by atoms with E-state index in [9.17, 15) is 18.0 Å². The number of hydrogen-bond donors (Lipinski definition) is 3. The van der Waals surface area contributed by atoms with Gasteiger partial charge in [-0.25, -0.2) is 17.9 Å². The number of hydrogen-bond acceptors (Lipinski definition) is 5. The molecule has 2 aromatic heterocycles. The van der Waals surface area contributed by atoms with E-state index >= 15 is 0 Å². The van der Waals surface area contributed by atoms with Crippen molar-refractivity contribution in [3.05, 3.63) is 38.7 Å². The number of nitrogens with zero attached hydrogens (tertiary/aromatic N) is 1. The molecule has 0 unspecified atom stereocenters. The average Bonchev–Trinajstić information content (AvgIpc) is 3.02. The maximum Gasteiger partial charge on any atom is 0.352 e. The molecule has 0 radical (unpaired) electrons. The van der Waals surface area contributed by atoms with Crippen LogP contribution in [0.3, 0.4) is 0 Å². The number of H-pyrrole nitrogens is 1. The second-order valence-electron chi connectivity index (χ2n) is 4.15. The molecule has 2 rings (SSSR count). The molecule has 8 nitrogen and oxygen atoms in total. The number of sulfonamides is 1. The maximum atomic E-state index is 12.1. The van der Waals surface area contributed by atoms with E-state index in [4.69, 9.17) is 5.11 Å². The molecule has 0 bridgehead atoms. The number of aromatic carboxylic acids is 1. The van der Waals surface area contributed by atoms with Gasteiger partial charge in [0.1, 0.15) is 10.6 Å². The summed E-state index contributed by atoms with van der Waals surface area (Å²) < 4.78 is 27.9. The van der Waals surface area contributed by atoms with Crippen LogP contribution in [0.1, 0.15) is 23.1 Å². The summed E-state index contributed by atoms with van der Waals surface area (Å²) in [6, 6.07) is 1.10. The average molecular weight is 331 g/mol. The molecule has 0 fully saturated rings. The highest BCUT2D eigenvalue weighted by Crippen LogP contribution is 2.15. The number of aromatic nitrogens is 2. The summed E-state index contributed by atoms with van der Waals surface area (Å²) in [5.41, 5.74) is 0.351. The molecule has 0 aliphatic rings. The third-order valence-electron chi connectivity index (χ3n) is 2.77. The molecule has 3 N–H and O–H groups in total. The van der Waals surface area contributed by atoms with Crippen molar-refractivity contribution in [1.82, 2.24) is 14.3 Å². The molecule has 0 atom stereocenters. The lowest BCUT2D eigenvalue weighted by atomic mass is 10.4. The second kappa shape index (κ2) is 5.84. The van der Waals surface area contributed by atoms with Crippen molar-refractivity contribution in [3.8, 4) is 0 Å². The lowest BCUT2D eigenvalue weighted by molar-refractivity contribution is 0.0685. The van der Waals surface area contributed by atoms with Gasteiger partial charge in [0, 0.05) is 23.8 Å². The molecule has 0 saturated carbocycles. The number of aromatic amines is 1. The monoisotopic (exact) mass is 331 g/mol. The van der Waals surface area contributed by atoms with Crippen molar-refractivity contribution in [2.75, 3.05) is 0 Å². The van der Waals surface area contributed by atoms with Gasteiger partial charge >= 0.3 is 10.8 Å². The van der Waals surface area contributed by atoms with Crippen molar-refractivity contribution >= 4 is 27.3 Å². The van der Waals surface area contributed by atoms with E-state index in [-0.39, 0.29) is 22.0 Å². The zero-order valence-corrected chi connectivity index (χ0v) is 12.6. The van der Waals surface area contributed by atoms with Gasteiger partial charge in [-0.05, 0) is 13.0 Å². The summed E-state index contributed by atoms with van der Waals surface area (Å²) in [5.74, 6) is -1.19. The normalized spacial score (nSPS) is 11.7. The van der Waals surface area contributed by atoms with E-state index < -0.39 is 16.0 Å². The first-order valence-electron chi connectivity index (χ1n) is 5.93. The van der Waals surface area contributed by atoms with E-state index in [1.54, 1.807) is 6.92 Å². The summed E-state index contributed by atoms with van der Waals surface area (Å²) >= 11 is 0.937. The summed E-state index contributed by atoms with van der Waals surface area (Å²) in [5, 5.41) is 10.5. The topological polar surface area (TPSA) is 121 Å². The zero-order chi connectivity index (χ0) is 15.6. The molecule has 0 aliphatic heterocycles. The van der Waals surface area contributed by atoms with Crippen molar-refractivity contribution in [1.29, 1.82) is 0 Å². The molecular formula is C11H13N3O5S2. The second-order valence-corrected chi connectivity index (χ2v) is 6.76. The van der Waals surface area contributed by atoms with Crippen molar-refractivity contribution in [2.45, 2.75) is 24.9 Å². The number of thiazole rings is 1. The highest BCUT2D eigenvalue weighted by Gasteiger charge is 2.20. The van der Waals surface area contributed by atoms with Crippen LogP contribution in [0.2, 0.25) is 0 Å². The number of carboxylic acid groups (broad SMARTS) is 1. The van der Waals surface area contributed by atoms with Gasteiger partial charge in [-0.1, -0.05) is 11.3 Å². The molecule has 21 heavy (non-hydrogen) atoms. The Labute approximate surface area is 124 Å². The van der Waals surface area contributed by atoms with Crippen molar-refractivity contribution < 1.29 is 18.3 Å². The van der Waals surface area contributed by atoms with E-state index in [2.05, 4.69) is 9.71 Å². The SMILES string of the molecule is CCn1cc(S(=O)(=O)NCc2csc(=O)[nH]2)cc1C(=O)O. The van der Waals surface area contributed by atoms with Gasteiger partial charge in [0.25, 0.3) is 0 Å². The molecule has 0 amide bonds. The highest BCUT2D eigenvalue weighted by molar-refractivity contribution is 7.89. The Morgan fingerprint density at radius 3 is 2.71 bits per heavy atom. The molecule has 0 saturated heterocycles. The maximum absolute atomic E-state index is 12.1. The van der Waals surface area contributed by atoms with Gasteiger partial charge in [-0.3, -0.25) is 4.79 Å². The van der Waals surface area contributed by atoms with E-state index in [0.717, 1.165) is 17.4 Å². The number of rotatable bonds is 6. The third-order valence-corrected chi connectivity index (χ3v) is 4.85. The molecule has 10 heteroatoms. The Morgan fingerprint density at radius 1 is 1.52 bits per heavy atom. The Hall–Kier alpha value is -1.91. The minimum Gasteiger partial charge on any atom is -0.477 e. The number of aryl methyl sites for hydroxylation is 1. The fourth-order valence-electron chi connectivity index (χ4n) is 1.73. The van der Waals surface area contributed by atoms with Crippen LogP contribution in [-0.4, -0.2) is 29.0 Å². The number of carboxylic acids is 1. The van der Waals surface area contributed by atoms with Crippen LogP contribution in [0.4, 0.5) is 0 Å². The fraction of sp³-hybridized carbons (Fsp3) is 0.273. The first-order valence-corrected chi connectivity index (χ1v) is 8.29. The molecule has 2 heterocycles. The lowest BCUT2D eigenvalue weighted by Gasteiger charge is -2.03. The minimum absolute atomic E-state index is 0.0687. The van der Waals surface area contributed by atoms with Gasteiger partial charge in [-0.15, -0.1) is 0 Å². The quantitative estimate of drug-likeness (QED) is 0.709. The number of carbonyl (C=O) groups is 1. The zero-order valence-electron chi connectivity index (χ0n) is 11.0. The van der Waals surface area contributed by atoms with Crippen molar-refractivity contribution in [3.63, 3.8) is 0 Å². The first-order chi connectivity index (χ1) is 9.83. The van der Waals surface area contributed by atoms with Crippen LogP contribution >= 0.6 is 11.3 Å². The Bertz CT molecular complexity index is 815. The van der Waals surface area contributed by atoms with Crippen LogP contribution in [-0.2, 0) is 23.1 Å². The highest BCUT2D eigenvalue weighted by atomic mass is 32.2. The largest absolute Gasteiger partial charge is 0.477 e. The van der Waals surface area contributed by atoms with Gasteiger partial charge in [0.15, 0.2) is 0 Å². The molecule has 0 spiro atoms. The molecular weight excluding hydrogens is 318 g/mol. The molecule has 0 aliphatic carbocycles. The smallest absolute Gasteiger partial charge is 0.352 e. The Balaban J connectivity index is 2.23. The summed E-state index contributed by atoms with van der Waals surface area (Å²) in [4.78, 5) is 24.1. The summed E-state index contributed by atoms with van der Waals surface area (Å²) in [6.45, 7) is 1.99. The predicted octanol–water partition coefficient (Wildman–Crippen LogP) is 0.434. The van der Waals surface area contributed by atoms with E-state index in [0.29, 0.717) is 12.2 Å². The Morgan fingerprint density at radius 2 is 2.24 bits per heavy atom. The van der Waals surface area contributed by atoms with E-state index in [1.165, 1.54) is 16.1 Å². The van der Waals surface area contributed by atoms with Crippen LogP contribution in [0.5, 0.6) is 0 Å². The van der Waals surface area contributed by atoms with Gasteiger partial charge in [0.05, 0.1) is 6.54 Å². The van der Waals surface area contributed by atoms with Gasteiger partial charge in [0.2, 0.25) is 10.0 Å². The third kappa shape index (κ3) is 3.40. The molecule has 0 aromatic carbocycles. The van der Waals surface area contributed by atoms with Crippen LogP contribution < -0.4 is 9.60 Å². The fourth-order valence-corrected chi connectivity index (χ4v) is 3.35. The van der Waals surface area contributed by atoms with Crippen LogP contribution in [0.15, 0.2) is 27.3 Å². The van der Waals surface area contributed by atoms with Gasteiger partial charge in [-0.2, -0.15) is 0 Å². The van der Waals surface area contributed by atoms with Gasteiger partial charge < -0.3 is 14.7 Å². The van der Waals surface area contributed by atoms with Crippen LogP contribution in [0.25, 0.3) is 0 Å². The van der Waals surface area contributed by atoms with E-state index in [1.807, 2.05) is 0 Å². The lowest BCUT2D eigenvalue weighted by Crippen LogP contribution is -2.23. The minimum atomic E-state index is -3.85. The summed E-state index contributed by atoms with van der Waals surface area (Å²) in [6.07, 6.45) is 1.27. The molecule has 114 valence electrons. The summed E-state index contributed by atoms with van der Waals surface area (Å²) in [7, 11) is -3.85. The number of nitrogens with one attached hydrogen (secondary N) is 2. The van der Waals surface area contributed by atoms with Crippen LogP contribution in [0, 0.1) is 0 Å². The standard InChI is InChI=1S/C11H13N3O5S2/c1-2-14-5-8(3-9(14)10(15)16)21(18,19)12-4-7-6-20-11(17)13-7/h3,5-6,12H,2,4H2,1H3,(H,13,17)(H,15,16). The molecule has 2 aromatic rings. The van der Waals surface area contributed by atoms with Crippen molar-refractivity contribution in [2.24, 2.45) is 0 Å². The first kappa shape index (κ1) is 15.5. The predicted molar refractivity (Wildman–Crippen MR) is 76.0 cm³/mol.